The molecule has 4 saturated carbocycles. The van der Waals surface area contributed by atoms with Gasteiger partial charge in [0.25, 0.3) is 0 Å². The summed E-state index contributed by atoms with van der Waals surface area (Å²) in [5.74, 6) is 2.79. The first kappa shape index (κ1) is 32.1. The van der Waals surface area contributed by atoms with Crippen molar-refractivity contribution in [3.8, 4) is 33.4 Å². The second-order valence-electron chi connectivity index (χ2n) is 17.6. The predicted molar refractivity (Wildman–Crippen MR) is 227 cm³/mol. The Labute approximate surface area is 320 Å². The minimum atomic E-state index is -0.107. The summed E-state index contributed by atoms with van der Waals surface area (Å²) in [5.41, 5.74) is 16.0. The van der Waals surface area contributed by atoms with Gasteiger partial charge in [0.15, 0.2) is 0 Å². The quantitative estimate of drug-likeness (QED) is 0.167. The molecule has 5 aliphatic carbocycles. The number of nitrogens with zero attached hydrogens (tertiary/aromatic N) is 1. The summed E-state index contributed by atoms with van der Waals surface area (Å²) in [6, 6.07) is 59.5. The Kier molecular flexibility index (Phi) is 7.16. The summed E-state index contributed by atoms with van der Waals surface area (Å²) in [6.45, 7) is 4.81. The topological polar surface area (TPSA) is 3.24 Å². The van der Waals surface area contributed by atoms with E-state index in [9.17, 15) is 0 Å². The average Bonchev–Trinajstić information content (AvgIpc) is 3.43. The highest BCUT2D eigenvalue weighted by molar-refractivity contribution is 6.09. The van der Waals surface area contributed by atoms with Crippen molar-refractivity contribution in [1.82, 2.24) is 0 Å². The Morgan fingerprint density at radius 3 is 1.65 bits per heavy atom. The molecule has 0 heterocycles. The first-order valence-electron chi connectivity index (χ1n) is 20.3. The summed E-state index contributed by atoms with van der Waals surface area (Å²) in [7, 11) is 0. The number of hydrogen-bond acceptors (Lipinski definition) is 1. The summed E-state index contributed by atoms with van der Waals surface area (Å²) in [4.78, 5) is 2.58. The van der Waals surface area contributed by atoms with Gasteiger partial charge in [-0.25, -0.2) is 0 Å². The molecule has 12 rings (SSSR count). The fraction of sp³-hybridized carbons (Fsp3) is 0.245. The van der Waals surface area contributed by atoms with Gasteiger partial charge in [-0.3, -0.25) is 0 Å². The molecule has 0 aromatic heterocycles. The van der Waals surface area contributed by atoms with Crippen LogP contribution in [0, 0.1) is 17.8 Å². The van der Waals surface area contributed by atoms with E-state index in [4.69, 9.17) is 0 Å². The Morgan fingerprint density at radius 2 is 1.00 bits per heavy atom. The number of benzene rings is 7. The number of fused-ring (bicyclic) bond motifs is 4. The van der Waals surface area contributed by atoms with Gasteiger partial charge < -0.3 is 4.90 Å². The molecule has 0 atom stereocenters. The van der Waals surface area contributed by atoms with Crippen molar-refractivity contribution in [1.29, 1.82) is 0 Å². The first-order chi connectivity index (χ1) is 26.4. The molecule has 0 aliphatic heterocycles. The molecule has 1 nitrogen and oxygen atoms in total. The summed E-state index contributed by atoms with van der Waals surface area (Å²) in [5, 5.41) is 2.57. The summed E-state index contributed by atoms with van der Waals surface area (Å²) < 4.78 is 0. The highest BCUT2D eigenvalue weighted by Gasteiger charge is 2.51. The van der Waals surface area contributed by atoms with Crippen molar-refractivity contribution in [2.75, 3.05) is 4.90 Å². The maximum atomic E-state index is 2.58. The van der Waals surface area contributed by atoms with Gasteiger partial charge in [-0.2, -0.15) is 0 Å². The van der Waals surface area contributed by atoms with Crippen LogP contribution in [0.15, 0.2) is 158 Å². The molecule has 4 bridgehead atoms. The molecule has 1 heteroatoms. The average molecular weight is 698 g/mol. The molecule has 0 spiro atoms. The van der Waals surface area contributed by atoms with E-state index in [0.29, 0.717) is 5.41 Å². The van der Waals surface area contributed by atoms with Crippen LogP contribution in [0.1, 0.15) is 69.1 Å². The van der Waals surface area contributed by atoms with Crippen LogP contribution in [0.25, 0.3) is 44.2 Å². The minimum Gasteiger partial charge on any atom is -0.309 e. The maximum absolute atomic E-state index is 2.58. The Balaban J connectivity index is 1.10. The lowest BCUT2D eigenvalue weighted by molar-refractivity contribution is -0.00518. The van der Waals surface area contributed by atoms with Gasteiger partial charge in [0.2, 0.25) is 0 Å². The monoisotopic (exact) mass is 697 g/mol. The lowest BCUT2D eigenvalue weighted by Crippen LogP contribution is -2.48. The Bertz CT molecular complexity index is 2500. The van der Waals surface area contributed by atoms with Gasteiger partial charge >= 0.3 is 0 Å². The molecule has 0 amide bonds. The van der Waals surface area contributed by atoms with Gasteiger partial charge in [0.05, 0.1) is 5.69 Å². The maximum Gasteiger partial charge on any atom is 0.0621 e. The number of hydrogen-bond donors (Lipinski definition) is 0. The zero-order valence-corrected chi connectivity index (χ0v) is 31.4. The second-order valence-corrected chi connectivity index (χ2v) is 17.6. The summed E-state index contributed by atoms with van der Waals surface area (Å²) in [6.07, 6.45) is 8.58. The van der Waals surface area contributed by atoms with Gasteiger partial charge in [0, 0.05) is 27.7 Å². The first-order valence-corrected chi connectivity index (χ1v) is 20.3. The van der Waals surface area contributed by atoms with Crippen LogP contribution in [0.2, 0.25) is 0 Å². The Hall–Kier alpha value is -5.40. The van der Waals surface area contributed by atoms with E-state index in [0.717, 1.165) is 17.8 Å². The third kappa shape index (κ3) is 4.90. The van der Waals surface area contributed by atoms with Crippen LogP contribution in [0.5, 0.6) is 0 Å². The number of rotatable bonds is 6. The predicted octanol–water partition coefficient (Wildman–Crippen LogP) is 14.4. The van der Waals surface area contributed by atoms with Crippen molar-refractivity contribution in [2.24, 2.45) is 17.8 Å². The van der Waals surface area contributed by atoms with E-state index < -0.39 is 0 Å². The zero-order chi connectivity index (χ0) is 36.0. The molecular formula is C53H47N. The molecule has 5 aliphatic rings. The third-order valence-electron chi connectivity index (χ3n) is 14.0. The van der Waals surface area contributed by atoms with Crippen LogP contribution in [-0.2, 0) is 10.8 Å². The van der Waals surface area contributed by atoms with Crippen LogP contribution >= 0.6 is 0 Å². The lowest BCUT2D eigenvalue weighted by atomic mass is 9.48. The highest BCUT2D eigenvalue weighted by Crippen LogP contribution is 2.61. The molecule has 264 valence electrons. The van der Waals surface area contributed by atoms with Crippen molar-refractivity contribution in [2.45, 2.75) is 63.2 Å². The third-order valence-corrected chi connectivity index (χ3v) is 14.0. The highest BCUT2D eigenvalue weighted by atomic mass is 15.1. The van der Waals surface area contributed by atoms with Gasteiger partial charge in [-0.05, 0) is 142 Å². The number of anilines is 3. The molecule has 7 aromatic carbocycles. The smallest absolute Gasteiger partial charge is 0.0621 e. The second kappa shape index (κ2) is 12.1. The van der Waals surface area contributed by atoms with Crippen molar-refractivity contribution < 1.29 is 0 Å². The molecular weight excluding hydrogens is 651 g/mol. The minimum absolute atomic E-state index is 0.107. The van der Waals surface area contributed by atoms with Crippen molar-refractivity contribution in [3.05, 3.63) is 174 Å². The molecule has 0 saturated heterocycles. The van der Waals surface area contributed by atoms with E-state index in [1.165, 1.54) is 111 Å². The van der Waals surface area contributed by atoms with Gasteiger partial charge in [0.1, 0.15) is 0 Å². The molecule has 0 N–H and O–H groups in total. The zero-order valence-electron chi connectivity index (χ0n) is 31.4. The Morgan fingerprint density at radius 1 is 0.481 bits per heavy atom. The van der Waals surface area contributed by atoms with E-state index in [-0.39, 0.29) is 5.41 Å². The molecule has 0 unspecified atom stereocenters. The fourth-order valence-electron chi connectivity index (χ4n) is 11.9. The van der Waals surface area contributed by atoms with E-state index in [2.05, 4.69) is 176 Å². The molecule has 7 aromatic rings. The van der Waals surface area contributed by atoms with Crippen molar-refractivity contribution in [3.63, 3.8) is 0 Å². The van der Waals surface area contributed by atoms with Gasteiger partial charge in [-0.15, -0.1) is 0 Å². The largest absolute Gasteiger partial charge is 0.309 e. The fourth-order valence-corrected chi connectivity index (χ4v) is 11.9. The normalized spacial score (nSPS) is 23.0. The van der Waals surface area contributed by atoms with Crippen LogP contribution < -0.4 is 4.90 Å². The molecule has 4 fully saturated rings. The van der Waals surface area contributed by atoms with Crippen molar-refractivity contribution >= 4 is 27.8 Å². The molecule has 54 heavy (non-hydrogen) atoms. The van der Waals surface area contributed by atoms with Crippen LogP contribution in [0.4, 0.5) is 17.1 Å². The summed E-state index contributed by atoms with van der Waals surface area (Å²) >= 11 is 0. The lowest BCUT2D eigenvalue weighted by Gasteiger charge is -2.57. The van der Waals surface area contributed by atoms with Crippen LogP contribution in [0.3, 0.4) is 0 Å². The van der Waals surface area contributed by atoms with Crippen LogP contribution in [-0.4, -0.2) is 0 Å². The van der Waals surface area contributed by atoms with E-state index in [1.54, 1.807) is 5.56 Å². The molecule has 0 radical (unpaired) electrons. The SMILES string of the molecule is CC1(C)c2ccccc2-c2c1cc1ccccc1c2N(c1ccc(-c2ccccc2-c2ccccc2)cc1)c1ccc(C23CC4CC(CC(C4)C2)C3)cc1. The van der Waals surface area contributed by atoms with E-state index >= 15 is 0 Å². The van der Waals surface area contributed by atoms with Gasteiger partial charge in [-0.1, -0.05) is 141 Å². The standard InChI is InChI=1S/C53H47N/c1-52(2)48-19-11-10-18-47(48)50-49(52)31-40-14-6-7-17-46(40)51(50)54(43-26-22-41(23-27-43)53-32-35-28-36(33-53)30-37(29-35)34-53)42-24-20-39(21-25-42)45-16-9-8-15-44(45)38-12-4-3-5-13-38/h3-27,31,35-37H,28-30,32-34H2,1-2H3. The van der Waals surface area contributed by atoms with E-state index in [1.807, 2.05) is 0 Å².